The lowest BCUT2D eigenvalue weighted by molar-refractivity contribution is -0.154. The third-order valence-corrected chi connectivity index (χ3v) is 6.00. The summed E-state index contributed by atoms with van der Waals surface area (Å²) in [4.78, 5) is 41.0. The number of aryl methyl sites for hydroxylation is 3. The summed E-state index contributed by atoms with van der Waals surface area (Å²) in [6, 6.07) is 11.0. The maximum absolute atomic E-state index is 12.7. The number of anilines is 1. The van der Waals surface area contributed by atoms with Crippen LogP contribution in [0.5, 0.6) is 0 Å². The molecule has 6 nitrogen and oxygen atoms in total. The summed E-state index contributed by atoms with van der Waals surface area (Å²) in [5.74, 6) is -0.112. The number of amides is 3. The van der Waals surface area contributed by atoms with Gasteiger partial charge in [-0.2, -0.15) is 0 Å². The molecule has 1 atom stereocenters. The Morgan fingerprint density at radius 2 is 1.73 bits per heavy atom. The number of fused-ring (bicyclic) bond motifs is 1. The van der Waals surface area contributed by atoms with Crippen LogP contribution in [-0.4, -0.2) is 46.7 Å². The number of nitrogens with zero attached hydrogens (tertiary/aromatic N) is 2. The van der Waals surface area contributed by atoms with Crippen LogP contribution in [-0.2, 0) is 16.1 Å². The molecule has 2 fully saturated rings. The minimum Gasteiger partial charge on any atom is -0.329 e. The summed E-state index contributed by atoms with van der Waals surface area (Å²) in [6.45, 7) is 7.21. The summed E-state index contributed by atoms with van der Waals surface area (Å²) in [5, 5.41) is 3.01. The molecule has 2 aromatic rings. The van der Waals surface area contributed by atoms with E-state index in [9.17, 15) is 14.4 Å². The Kier molecular flexibility index (Phi) is 5.33. The number of piperazine rings is 1. The molecule has 2 aliphatic rings. The van der Waals surface area contributed by atoms with Crippen molar-refractivity contribution in [3.63, 3.8) is 0 Å². The maximum atomic E-state index is 12.7. The van der Waals surface area contributed by atoms with Crippen LogP contribution in [0.1, 0.15) is 45.5 Å². The van der Waals surface area contributed by atoms with Crippen molar-refractivity contribution in [3.8, 4) is 0 Å². The third-order valence-electron chi connectivity index (χ3n) is 6.00. The van der Waals surface area contributed by atoms with Crippen molar-refractivity contribution >= 4 is 23.4 Å². The van der Waals surface area contributed by atoms with E-state index in [1.165, 1.54) is 5.56 Å². The Bertz CT molecular complexity index is 990. The van der Waals surface area contributed by atoms with Crippen molar-refractivity contribution in [1.82, 2.24) is 9.80 Å². The Morgan fingerprint density at radius 3 is 2.40 bits per heavy atom. The fourth-order valence-electron chi connectivity index (χ4n) is 4.54. The minimum absolute atomic E-state index is 0.0249. The van der Waals surface area contributed by atoms with E-state index in [4.69, 9.17) is 0 Å². The first-order chi connectivity index (χ1) is 14.3. The summed E-state index contributed by atoms with van der Waals surface area (Å²) in [7, 11) is 0. The maximum Gasteiger partial charge on any atom is 0.255 e. The zero-order valence-electron chi connectivity index (χ0n) is 17.7. The second kappa shape index (κ2) is 7.94. The molecule has 0 saturated carbocycles. The Balaban J connectivity index is 1.44. The number of carbonyl (C=O) groups excluding carboxylic acids is 3. The number of hydrogen-bond donors (Lipinski definition) is 1. The zero-order chi connectivity index (χ0) is 21.4. The van der Waals surface area contributed by atoms with E-state index in [2.05, 4.69) is 5.32 Å². The normalized spacial score (nSPS) is 18.6. The lowest BCUT2D eigenvalue weighted by Gasteiger charge is -2.36. The molecule has 30 heavy (non-hydrogen) atoms. The fraction of sp³-hybridized carbons (Fsp3) is 0.375. The molecule has 0 aliphatic carbocycles. The van der Waals surface area contributed by atoms with Crippen molar-refractivity contribution < 1.29 is 14.4 Å². The number of hydrogen-bond acceptors (Lipinski definition) is 3. The SMILES string of the molecule is Cc1cc(C)c(NC(=O)c2ccc(CN3CC(=O)N4CCC[C@@H]4C3=O)cc2)c(C)c1. The molecule has 156 valence electrons. The molecule has 0 spiro atoms. The number of benzene rings is 2. The van der Waals surface area contributed by atoms with E-state index in [0.29, 0.717) is 18.7 Å². The molecule has 1 N–H and O–H groups in total. The van der Waals surface area contributed by atoms with Crippen LogP contribution >= 0.6 is 0 Å². The second-order valence-electron chi connectivity index (χ2n) is 8.36. The van der Waals surface area contributed by atoms with Gasteiger partial charge in [-0.3, -0.25) is 14.4 Å². The Hall–Kier alpha value is -3.15. The van der Waals surface area contributed by atoms with Gasteiger partial charge in [0, 0.05) is 24.3 Å². The van der Waals surface area contributed by atoms with E-state index in [-0.39, 0.29) is 30.3 Å². The van der Waals surface area contributed by atoms with Crippen molar-refractivity contribution in [1.29, 1.82) is 0 Å². The van der Waals surface area contributed by atoms with Crippen LogP contribution in [0.25, 0.3) is 0 Å². The van der Waals surface area contributed by atoms with E-state index in [0.717, 1.165) is 35.2 Å². The first-order valence-electron chi connectivity index (χ1n) is 10.4. The summed E-state index contributed by atoms with van der Waals surface area (Å²) < 4.78 is 0. The molecule has 2 heterocycles. The molecular weight excluding hydrogens is 378 g/mol. The Morgan fingerprint density at radius 1 is 1.07 bits per heavy atom. The first kappa shape index (κ1) is 20.1. The van der Waals surface area contributed by atoms with Crippen LogP contribution in [0.4, 0.5) is 5.69 Å². The van der Waals surface area contributed by atoms with Gasteiger partial charge >= 0.3 is 0 Å². The molecule has 4 rings (SSSR count). The molecule has 0 unspecified atom stereocenters. The number of carbonyl (C=O) groups is 3. The molecule has 6 heteroatoms. The van der Waals surface area contributed by atoms with Crippen molar-refractivity contribution in [2.24, 2.45) is 0 Å². The monoisotopic (exact) mass is 405 g/mol. The summed E-state index contributed by atoms with van der Waals surface area (Å²) >= 11 is 0. The highest BCUT2D eigenvalue weighted by atomic mass is 16.2. The van der Waals surface area contributed by atoms with Crippen molar-refractivity contribution in [3.05, 3.63) is 64.2 Å². The summed E-state index contributed by atoms with van der Waals surface area (Å²) in [6.07, 6.45) is 1.64. The van der Waals surface area contributed by atoms with Gasteiger partial charge in [-0.1, -0.05) is 29.8 Å². The van der Waals surface area contributed by atoms with Gasteiger partial charge in [-0.15, -0.1) is 0 Å². The quantitative estimate of drug-likeness (QED) is 0.849. The summed E-state index contributed by atoms with van der Waals surface area (Å²) in [5.41, 5.74) is 5.54. The Labute approximate surface area is 176 Å². The van der Waals surface area contributed by atoms with Crippen molar-refractivity contribution in [2.45, 2.75) is 46.2 Å². The van der Waals surface area contributed by atoms with Crippen LogP contribution in [0, 0.1) is 20.8 Å². The first-order valence-corrected chi connectivity index (χ1v) is 10.4. The van der Waals surface area contributed by atoms with Gasteiger partial charge in [0.2, 0.25) is 11.8 Å². The molecule has 0 aromatic heterocycles. The number of nitrogens with one attached hydrogen (secondary N) is 1. The zero-order valence-corrected chi connectivity index (χ0v) is 17.7. The molecule has 3 amide bonds. The highest BCUT2D eigenvalue weighted by molar-refractivity contribution is 6.05. The minimum atomic E-state index is -0.294. The molecule has 0 radical (unpaired) electrons. The van der Waals surface area contributed by atoms with Crippen LogP contribution < -0.4 is 5.32 Å². The lowest BCUT2D eigenvalue weighted by Crippen LogP contribution is -2.56. The fourth-order valence-corrected chi connectivity index (χ4v) is 4.54. The van der Waals surface area contributed by atoms with Crippen LogP contribution in [0.2, 0.25) is 0 Å². The molecule has 0 bridgehead atoms. The van der Waals surface area contributed by atoms with E-state index in [1.807, 2.05) is 45.0 Å². The van der Waals surface area contributed by atoms with Gasteiger partial charge in [0.25, 0.3) is 5.91 Å². The van der Waals surface area contributed by atoms with Gasteiger partial charge in [0.1, 0.15) is 12.6 Å². The van der Waals surface area contributed by atoms with Gasteiger partial charge < -0.3 is 15.1 Å². The molecular formula is C24H27N3O3. The average molecular weight is 405 g/mol. The van der Waals surface area contributed by atoms with E-state index >= 15 is 0 Å². The second-order valence-corrected chi connectivity index (χ2v) is 8.36. The average Bonchev–Trinajstić information content (AvgIpc) is 3.20. The predicted molar refractivity (Wildman–Crippen MR) is 115 cm³/mol. The highest BCUT2D eigenvalue weighted by Crippen LogP contribution is 2.25. The van der Waals surface area contributed by atoms with Crippen LogP contribution in [0.3, 0.4) is 0 Å². The van der Waals surface area contributed by atoms with Gasteiger partial charge in [0.15, 0.2) is 0 Å². The predicted octanol–water partition coefficient (Wildman–Crippen LogP) is 3.20. The van der Waals surface area contributed by atoms with Gasteiger partial charge in [-0.25, -0.2) is 0 Å². The highest BCUT2D eigenvalue weighted by Gasteiger charge is 2.41. The van der Waals surface area contributed by atoms with Gasteiger partial charge in [-0.05, 0) is 62.4 Å². The van der Waals surface area contributed by atoms with Gasteiger partial charge in [0.05, 0.1) is 0 Å². The smallest absolute Gasteiger partial charge is 0.255 e. The van der Waals surface area contributed by atoms with E-state index in [1.54, 1.807) is 21.9 Å². The third kappa shape index (κ3) is 3.82. The van der Waals surface area contributed by atoms with E-state index < -0.39 is 0 Å². The van der Waals surface area contributed by atoms with Crippen molar-refractivity contribution in [2.75, 3.05) is 18.4 Å². The largest absolute Gasteiger partial charge is 0.329 e. The number of rotatable bonds is 4. The molecule has 2 aromatic carbocycles. The molecule has 2 aliphatic heterocycles. The van der Waals surface area contributed by atoms with Crippen LogP contribution in [0.15, 0.2) is 36.4 Å². The lowest BCUT2D eigenvalue weighted by atomic mass is 10.0. The standard InChI is InChI=1S/C24H27N3O3/c1-15-11-16(2)22(17(3)12-15)25-23(29)19-8-6-18(7-9-19)13-26-14-21(28)27-10-4-5-20(27)24(26)30/h6-9,11-12,20H,4-5,10,13-14H2,1-3H3,(H,25,29)/t20-/m1/s1. The molecule has 2 saturated heterocycles. The topological polar surface area (TPSA) is 69.7 Å².